The van der Waals surface area contributed by atoms with Crippen molar-refractivity contribution in [1.29, 1.82) is 0 Å². The first kappa shape index (κ1) is 21.2. The van der Waals surface area contributed by atoms with E-state index in [-0.39, 0.29) is 5.66 Å². The van der Waals surface area contributed by atoms with E-state index in [1.165, 1.54) is 10.9 Å². The zero-order valence-electron chi connectivity index (χ0n) is 20.1. The Morgan fingerprint density at radius 1 is 0.694 bits per heavy atom. The number of benzene rings is 4. The van der Waals surface area contributed by atoms with E-state index in [0.717, 1.165) is 50.1 Å². The summed E-state index contributed by atoms with van der Waals surface area (Å²) in [4.78, 5) is 0. The average Bonchev–Trinajstić information content (AvgIpc) is 3.49. The van der Waals surface area contributed by atoms with Crippen molar-refractivity contribution in [2.24, 2.45) is 0 Å². The highest BCUT2D eigenvalue weighted by Crippen LogP contribution is 2.49. The molecule has 0 amide bonds. The van der Waals surface area contributed by atoms with Gasteiger partial charge in [0.15, 0.2) is 0 Å². The molecule has 0 bridgehead atoms. The second kappa shape index (κ2) is 7.47. The lowest BCUT2D eigenvalue weighted by Gasteiger charge is -2.31. The van der Waals surface area contributed by atoms with Gasteiger partial charge in [-0.15, -0.1) is 0 Å². The minimum Gasteiger partial charge on any atom is -0.466 e. The van der Waals surface area contributed by atoms with Crippen LogP contribution in [0.25, 0.3) is 49.7 Å². The molecule has 0 saturated carbocycles. The predicted octanol–water partition coefficient (Wildman–Crippen LogP) is 6.03. The molecule has 0 radical (unpaired) electrons. The van der Waals surface area contributed by atoms with Crippen molar-refractivity contribution in [3.63, 3.8) is 0 Å². The summed E-state index contributed by atoms with van der Waals surface area (Å²) in [6, 6.07) is 33.7. The molecule has 0 saturated heterocycles. The summed E-state index contributed by atoms with van der Waals surface area (Å²) in [7, 11) is -1.67. The summed E-state index contributed by atoms with van der Waals surface area (Å²) in [5, 5.41) is 22.2. The molecule has 0 unspecified atom stereocenters. The molecule has 3 heterocycles. The normalized spacial score (nSPS) is 13.8. The molecule has 1 aliphatic rings. The molecule has 1 aliphatic heterocycles. The first-order chi connectivity index (χ1) is 17.4. The van der Waals surface area contributed by atoms with Crippen LogP contribution in [0.1, 0.15) is 25.2 Å². The number of furan rings is 1. The summed E-state index contributed by atoms with van der Waals surface area (Å²) in [5.41, 5.74) is 8.51. The molecule has 0 fully saturated rings. The molecule has 174 valence electrons. The maximum Gasteiger partial charge on any atom is 0.526 e. The Balaban J connectivity index is 1.63. The summed E-state index contributed by atoms with van der Waals surface area (Å²) >= 11 is 0. The number of rotatable bonds is 3. The summed E-state index contributed by atoms with van der Waals surface area (Å²) in [6.07, 6.45) is 0. The van der Waals surface area contributed by atoms with Crippen LogP contribution in [0.4, 0.5) is 0 Å². The number of nitrogens with zero attached hydrogens (tertiary/aromatic N) is 1. The van der Waals surface area contributed by atoms with Crippen molar-refractivity contribution >= 4 is 34.6 Å². The molecule has 5 heteroatoms. The van der Waals surface area contributed by atoms with Gasteiger partial charge in [0.05, 0.1) is 22.1 Å². The van der Waals surface area contributed by atoms with Gasteiger partial charge < -0.3 is 19.0 Å². The lowest BCUT2D eigenvalue weighted by atomic mass is 9.77. The molecular weight excluding hydrogens is 445 g/mol. The molecule has 4 nitrogen and oxygen atoms in total. The maximum absolute atomic E-state index is 9.93. The number of fused-ring (bicyclic) bond motifs is 5. The Bertz CT molecular complexity index is 1780. The molecule has 0 aliphatic carbocycles. The summed E-state index contributed by atoms with van der Waals surface area (Å²) in [6.45, 7) is 4.28. The van der Waals surface area contributed by atoms with E-state index in [1.807, 2.05) is 12.1 Å². The van der Waals surface area contributed by atoms with Crippen LogP contribution in [-0.4, -0.2) is 21.7 Å². The van der Waals surface area contributed by atoms with Crippen molar-refractivity contribution in [3.8, 4) is 27.9 Å². The van der Waals surface area contributed by atoms with Crippen LogP contribution in [0.2, 0.25) is 0 Å². The third-order valence-electron chi connectivity index (χ3n) is 7.54. The van der Waals surface area contributed by atoms with Crippen molar-refractivity contribution in [2.75, 3.05) is 0 Å². The molecule has 6 aromatic rings. The van der Waals surface area contributed by atoms with E-state index in [2.05, 4.69) is 97.3 Å². The van der Waals surface area contributed by atoms with Gasteiger partial charge in [0, 0.05) is 16.8 Å². The van der Waals surface area contributed by atoms with Crippen LogP contribution in [0.15, 0.2) is 101 Å². The first-order valence-electron chi connectivity index (χ1n) is 12.2. The van der Waals surface area contributed by atoms with Gasteiger partial charge in [-0.05, 0) is 65.9 Å². The van der Waals surface area contributed by atoms with E-state index in [9.17, 15) is 10.0 Å². The van der Waals surface area contributed by atoms with Crippen LogP contribution in [0.3, 0.4) is 0 Å². The van der Waals surface area contributed by atoms with E-state index in [1.54, 1.807) is 6.07 Å². The minimum atomic E-state index is -1.67. The van der Waals surface area contributed by atoms with Crippen LogP contribution in [0.5, 0.6) is 0 Å². The zero-order valence-corrected chi connectivity index (χ0v) is 20.1. The summed E-state index contributed by atoms with van der Waals surface area (Å²) in [5.74, 6) is 0.731. The topological polar surface area (TPSA) is 58.5 Å². The van der Waals surface area contributed by atoms with Gasteiger partial charge in [-0.1, -0.05) is 66.7 Å². The molecule has 4 aromatic carbocycles. The molecule has 2 aromatic heterocycles. The third-order valence-corrected chi connectivity index (χ3v) is 7.54. The van der Waals surface area contributed by atoms with Gasteiger partial charge in [-0.25, -0.2) is 0 Å². The minimum absolute atomic E-state index is 0.153. The smallest absolute Gasteiger partial charge is 0.466 e. The van der Waals surface area contributed by atoms with Gasteiger partial charge in [0.2, 0.25) is 0 Å². The molecule has 0 atom stereocenters. The molecular formula is C31H24BNO3. The fourth-order valence-electron chi connectivity index (χ4n) is 5.75. The van der Waals surface area contributed by atoms with Crippen molar-refractivity contribution < 1.29 is 14.5 Å². The fraction of sp³-hybridized carbons (Fsp3) is 0.0968. The quantitative estimate of drug-likeness (QED) is 0.311. The molecule has 7 rings (SSSR count). The standard InChI is InChI=1S/C31H24BNO3/c1-31(2)25-17-22(20-11-7-4-8-12-20)16-24-23-15-21(19-9-5-3-6-10-19)13-14-26(23)33(29(24)25)27-18-28(32(34)35)36-30(27)31/h3-18,34-35H,1-2H3. The number of hydrogen-bond acceptors (Lipinski definition) is 3. The molecule has 0 spiro atoms. The van der Waals surface area contributed by atoms with Crippen molar-refractivity contribution in [3.05, 3.63) is 108 Å². The fourth-order valence-corrected chi connectivity index (χ4v) is 5.75. The Morgan fingerprint density at radius 2 is 1.33 bits per heavy atom. The number of aromatic nitrogens is 1. The van der Waals surface area contributed by atoms with E-state index in [0.29, 0.717) is 0 Å². The maximum atomic E-state index is 9.93. The monoisotopic (exact) mass is 469 g/mol. The highest BCUT2D eigenvalue weighted by molar-refractivity contribution is 6.57. The van der Waals surface area contributed by atoms with Crippen molar-refractivity contribution in [2.45, 2.75) is 19.3 Å². The van der Waals surface area contributed by atoms with Crippen molar-refractivity contribution in [1.82, 2.24) is 4.57 Å². The second-order valence-electron chi connectivity index (χ2n) is 10.1. The third kappa shape index (κ3) is 2.90. The SMILES string of the molecule is CC1(C)c2oc(B(O)O)cc2-n2c3ccc(-c4ccccc4)cc3c3cc(-c4ccccc4)cc1c32. The van der Waals surface area contributed by atoms with Gasteiger partial charge in [0.25, 0.3) is 0 Å². The van der Waals surface area contributed by atoms with E-state index >= 15 is 0 Å². The Hall–Kier alpha value is -4.06. The van der Waals surface area contributed by atoms with Gasteiger partial charge in [-0.3, -0.25) is 0 Å². The summed E-state index contributed by atoms with van der Waals surface area (Å²) < 4.78 is 8.33. The lowest BCUT2D eigenvalue weighted by molar-refractivity contribution is 0.390. The van der Waals surface area contributed by atoms with Gasteiger partial charge in [-0.2, -0.15) is 0 Å². The Morgan fingerprint density at radius 3 is 2.00 bits per heavy atom. The van der Waals surface area contributed by atoms with Gasteiger partial charge >= 0.3 is 7.12 Å². The van der Waals surface area contributed by atoms with E-state index in [4.69, 9.17) is 4.42 Å². The van der Waals surface area contributed by atoms with E-state index < -0.39 is 12.5 Å². The van der Waals surface area contributed by atoms with Crippen LogP contribution < -0.4 is 5.66 Å². The highest BCUT2D eigenvalue weighted by atomic mass is 16.4. The largest absolute Gasteiger partial charge is 0.526 e. The Labute approximate surface area is 209 Å². The number of hydrogen-bond donors (Lipinski definition) is 2. The van der Waals surface area contributed by atoms with Gasteiger partial charge in [0.1, 0.15) is 11.4 Å². The Kier molecular flexibility index (Phi) is 4.41. The van der Waals surface area contributed by atoms with Crippen LogP contribution in [-0.2, 0) is 5.41 Å². The zero-order chi connectivity index (χ0) is 24.6. The molecule has 36 heavy (non-hydrogen) atoms. The predicted molar refractivity (Wildman–Crippen MR) is 146 cm³/mol. The van der Waals surface area contributed by atoms with Crippen LogP contribution >= 0.6 is 0 Å². The first-order valence-corrected chi connectivity index (χ1v) is 12.2. The van der Waals surface area contributed by atoms with Crippen LogP contribution in [0, 0.1) is 0 Å². The second-order valence-corrected chi connectivity index (χ2v) is 10.1. The molecule has 2 N–H and O–H groups in total. The highest BCUT2D eigenvalue weighted by Gasteiger charge is 2.40. The lowest BCUT2D eigenvalue weighted by Crippen LogP contribution is -2.28. The average molecular weight is 469 g/mol.